The van der Waals surface area contributed by atoms with Gasteiger partial charge in [0.2, 0.25) is 10.0 Å². The van der Waals surface area contributed by atoms with Crippen LogP contribution in [0.2, 0.25) is 0 Å². The van der Waals surface area contributed by atoms with E-state index in [4.69, 9.17) is 9.47 Å². The lowest BCUT2D eigenvalue weighted by molar-refractivity contribution is -0.143. The second-order valence-electron chi connectivity index (χ2n) is 9.16. The highest BCUT2D eigenvalue weighted by atomic mass is 32.2. The van der Waals surface area contributed by atoms with Gasteiger partial charge in [-0.3, -0.25) is 9.78 Å². The molecule has 0 radical (unpaired) electrons. The van der Waals surface area contributed by atoms with Crippen molar-refractivity contribution in [3.63, 3.8) is 0 Å². The molecule has 1 atom stereocenters. The second-order valence-corrected chi connectivity index (χ2v) is 10.9. The quantitative estimate of drug-likeness (QED) is 0.304. The first-order chi connectivity index (χ1) is 17.7. The molecule has 1 N–H and O–H groups in total. The summed E-state index contributed by atoms with van der Waals surface area (Å²) in [6, 6.07) is 23.3. The van der Waals surface area contributed by atoms with Gasteiger partial charge >= 0.3 is 5.97 Å². The number of esters is 1. The summed E-state index contributed by atoms with van der Waals surface area (Å²) in [7, 11) is -2.65. The molecule has 0 aliphatic rings. The summed E-state index contributed by atoms with van der Waals surface area (Å²) >= 11 is 0. The Bertz CT molecular complexity index is 1500. The number of hydrogen-bond donors (Lipinski definition) is 1. The minimum absolute atomic E-state index is 0.0793. The van der Waals surface area contributed by atoms with E-state index in [2.05, 4.69) is 9.71 Å². The Labute approximate surface area is 217 Å². The summed E-state index contributed by atoms with van der Waals surface area (Å²) in [5, 5.41) is 0.973. The van der Waals surface area contributed by atoms with Crippen LogP contribution in [0.5, 0.6) is 5.75 Å². The van der Waals surface area contributed by atoms with E-state index in [0.717, 1.165) is 39.0 Å². The van der Waals surface area contributed by atoms with Gasteiger partial charge < -0.3 is 9.47 Å². The topological polar surface area (TPSA) is 94.6 Å². The third-order valence-electron chi connectivity index (χ3n) is 6.06. The SMILES string of the molecule is COC(=O)C(NS(=O)(=O)c1ccc(-c2ccc(COc3cc(C)nc4ccccc34)cc2)cc1)C(C)C. The number of aryl methyl sites for hydroxylation is 1. The van der Waals surface area contributed by atoms with Crippen molar-refractivity contribution in [2.45, 2.75) is 38.3 Å². The van der Waals surface area contributed by atoms with Crippen LogP contribution in [-0.2, 0) is 26.2 Å². The molecule has 7 nitrogen and oxygen atoms in total. The first-order valence-corrected chi connectivity index (χ1v) is 13.4. The van der Waals surface area contributed by atoms with Crippen LogP contribution in [0.15, 0.2) is 83.8 Å². The van der Waals surface area contributed by atoms with E-state index in [-0.39, 0.29) is 10.8 Å². The van der Waals surface area contributed by atoms with Crippen molar-refractivity contribution in [3.8, 4) is 16.9 Å². The van der Waals surface area contributed by atoms with Crippen molar-refractivity contribution in [2.75, 3.05) is 7.11 Å². The number of nitrogens with one attached hydrogen (secondary N) is 1. The number of benzene rings is 3. The Morgan fingerprint density at radius 2 is 1.57 bits per heavy atom. The van der Waals surface area contributed by atoms with E-state index in [0.29, 0.717) is 6.61 Å². The Hall–Kier alpha value is -3.75. The molecule has 1 aromatic heterocycles. The van der Waals surface area contributed by atoms with Gasteiger partial charge in [-0.25, -0.2) is 8.42 Å². The monoisotopic (exact) mass is 518 g/mol. The maximum absolute atomic E-state index is 12.8. The van der Waals surface area contributed by atoms with Crippen LogP contribution in [-0.4, -0.2) is 32.5 Å². The zero-order chi connectivity index (χ0) is 26.6. The van der Waals surface area contributed by atoms with E-state index >= 15 is 0 Å². The summed E-state index contributed by atoms with van der Waals surface area (Å²) in [5.41, 5.74) is 4.62. The maximum atomic E-state index is 12.8. The highest BCUT2D eigenvalue weighted by molar-refractivity contribution is 7.89. The smallest absolute Gasteiger partial charge is 0.324 e. The average molecular weight is 519 g/mol. The molecule has 0 saturated heterocycles. The fraction of sp³-hybridized carbons (Fsp3) is 0.241. The number of ether oxygens (including phenoxy) is 2. The summed E-state index contributed by atoms with van der Waals surface area (Å²) in [6.07, 6.45) is 0. The molecule has 0 bridgehead atoms. The van der Waals surface area contributed by atoms with Gasteiger partial charge in [0.05, 0.1) is 17.5 Å². The number of fused-ring (bicyclic) bond motifs is 1. The lowest BCUT2D eigenvalue weighted by Gasteiger charge is -2.19. The van der Waals surface area contributed by atoms with Crippen LogP contribution >= 0.6 is 0 Å². The van der Waals surface area contributed by atoms with Crippen molar-refractivity contribution in [3.05, 3.63) is 90.1 Å². The summed E-state index contributed by atoms with van der Waals surface area (Å²) < 4.78 is 38.9. The largest absolute Gasteiger partial charge is 0.488 e. The highest BCUT2D eigenvalue weighted by Gasteiger charge is 2.29. The number of aromatic nitrogens is 1. The number of sulfonamides is 1. The molecular formula is C29H30N2O5S. The van der Waals surface area contributed by atoms with Crippen LogP contribution < -0.4 is 9.46 Å². The van der Waals surface area contributed by atoms with Crippen molar-refractivity contribution >= 4 is 26.9 Å². The molecule has 4 aromatic rings. The third kappa shape index (κ3) is 6.15. The Balaban J connectivity index is 1.45. The van der Waals surface area contributed by atoms with E-state index in [9.17, 15) is 13.2 Å². The molecule has 1 heterocycles. The van der Waals surface area contributed by atoms with Crippen LogP contribution in [0.1, 0.15) is 25.1 Å². The molecule has 3 aromatic carbocycles. The predicted molar refractivity (Wildman–Crippen MR) is 144 cm³/mol. The number of para-hydroxylation sites is 1. The number of nitrogens with zero attached hydrogens (tertiary/aromatic N) is 1. The zero-order valence-corrected chi connectivity index (χ0v) is 22.1. The normalized spacial score (nSPS) is 12.5. The maximum Gasteiger partial charge on any atom is 0.324 e. The first-order valence-electron chi connectivity index (χ1n) is 12.0. The predicted octanol–water partition coefficient (Wildman–Crippen LogP) is 5.27. The molecule has 1 unspecified atom stereocenters. The third-order valence-corrected chi connectivity index (χ3v) is 7.51. The number of carbonyl (C=O) groups excluding carboxylic acids is 1. The van der Waals surface area contributed by atoms with Gasteiger partial charge in [-0.15, -0.1) is 0 Å². The molecule has 0 fully saturated rings. The second kappa shape index (κ2) is 11.1. The van der Waals surface area contributed by atoms with Gasteiger partial charge in [0.25, 0.3) is 0 Å². The van der Waals surface area contributed by atoms with E-state index in [1.807, 2.05) is 61.5 Å². The number of hydrogen-bond acceptors (Lipinski definition) is 6. The van der Waals surface area contributed by atoms with Crippen molar-refractivity contribution in [2.24, 2.45) is 5.92 Å². The molecule has 0 saturated carbocycles. The van der Waals surface area contributed by atoms with Crippen molar-refractivity contribution in [1.82, 2.24) is 9.71 Å². The van der Waals surface area contributed by atoms with Gasteiger partial charge in [-0.05, 0) is 53.8 Å². The molecule has 8 heteroatoms. The number of carbonyl (C=O) groups is 1. The number of rotatable bonds is 9. The number of pyridine rings is 1. The summed E-state index contributed by atoms with van der Waals surface area (Å²) in [4.78, 5) is 16.6. The van der Waals surface area contributed by atoms with Gasteiger partial charge in [-0.1, -0.05) is 62.4 Å². The molecule has 4 rings (SSSR count). The lowest BCUT2D eigenvalue weighted by atomic mass is 10.0. The molecule has 192 valence electrons. The van der Waals surface area contributed by atoms with Crippen molar-refractivity contribution in [1.29, 1.82) is 0 Å². The fourth-order valence-corrected chi connectivity index (χ4v) is 5.32. The van der Waals surface area contributed by atoms with Gasteiger partial charge in [0.15, 0.2) is 0 Å². The molecule has 0 aliphatic carbocycles. The van der Waals surface area contributed by atoms with Crippen LogP contribution in [0, 0.1) is 12.8 Å². The number of methoxy groups -OCH3 is 1. The average Bonchev–Trinajstić information content (AvgIpc) is 2.90. The first kappa shape index (κ1) is 26.3. The van der Waals surface area contributed by atoms with E-state index in [1.165, 1.54) is 19.2 Å². The lowest BCUT2D eigenvalue weighted by Crippen LogP contribution is -2.44. The summed E-state index contributed by atoms with van der Waals surface area (Å²) in [5.74, 6) is -0.0821. The van der Waals surface area contributed by atoms with Gasteiger partial charge in [0.1, 0.15) is 18.4 Å². The Kier molecular flexibility index (Phi) is 7.90. The Morgan fingerprint density at radius 3 is 2.19 bits per heavy atom. The van der Waals surface area contributed by atoms with Gasteiger partial charge in [0, 0.05) is 17.1 Å². The van der Waals surface area contributed by atoms with Gasteiger partial charge in [-0.2, -0.15) is 4.72 Å². The minimum Gasteiger partial charge on any atom is -0.488 e. The van der Waals surface area contributed by atoms with Crippen LogP contribution in [0.25, 0.3) is 22.0 Å². The standard InChI is InChI=1S/C29H30N2O5S/c1-19(2)28(29(32)35-4)31-37(33,34)24-15-13-23(14-16-24)22-11-9-21(10-12-22)18-36-27-17-20(3)30-26-8-6-5-7-25(26)27/h5-17,19,28,31H,18H2,1-4H3. The van der Waals surface area contributed by atoms with E-state index in [1.54, 1.807) is 26.0 Å². The van der Waals surface area contributed by atoms with Crippen molar-refractivity contribution < 1.29 is 22.7 Å². The molecule has 0 aliphatic heterocycles. The molecule has 0 amide bonds. The highest BCUT2D eigenvalue weighted by Crippen LogP contribution is 2.27. The fourth-order valence-electron chi connectivity index (χ4n) is 3.99. The summed E-state index contributed by atoms with van der Waals surface area (Å²) in [6.45, 7) is 5.86. The molecule has 37 heavy (non-hydrogen) atoms. The van der Waals surface area contributed by atoms with Crippen LogP contribution in [0.3, 0.4) is 0 Å². The van der Waals surface area contributed by atoms with Crippen LogP contribution in [0.4, 0.5) is 0 Å². The minimum atomic E-state index is -3.89. The zero-order valence-electron chi connectivity index (χ0n) is 21.3. The molecule has 0 spiro atoms. The molecular weight excluding hydrogens is 488 g/mol. The Morgan fingerprint density at radius 1 is 0.946 bits per heavy atom. The van der Waals surface area contributed by atoms with E-state index < -0.39 is 22.0 Å².